The van der Waals surface area contributed by atoms with E-state index in [-0.39, 0.29) is 5.60 Å². The molecule has 3 N–H and O–H groups in total. The van der Waals surface area contributed by atoms with Gasteiger partial charge in [0.1, 0.15) is 11.4 Å². The molecule has 7 heteroatoms. The third-order valence-corrected chi connectivity index (χ3v) is 3.64. The number of nitrogens with one attached hydrogen (secondary N) is 1. The molecule has 0 aliphatic carbocycles. The second-order valence-corrected chi connectivity index (χ2v) is 7.66. The lowest BCUT2D eigenvalue weighted by Crippen LogP contribution is -2.28. The molecule has 0 aliphatic heterocycles. The van der Waals surface area contributed by atoms with Crippen molar-refractivity contribution in [3.8, 4) is 0 Å². The summed E-state index contributed by atoms with van der Waals surface area (Å²) < 4.78 is 11.1. The Labute approximate surface area is 203 Å². The number of hydrogen-bond donors (Lipinski definition) is 2. The lowest BCUT2D eigenvalue weighted by atomic mass is 10.2. The highest BCUT2D eigenvalue weighted by molar-refractivity contribution is 6.07. The van der Waals surface area contributed by atoms with Crippen molar-refractivity contribution in [2.45, 2.75) is 67.1 Å². The van der Waals surface area contributed by atoms with Gasteiger partial charge in [0.2, 0.25) is 0 Å². The molecule has 1 atom stereocenters. The minimum Gasteiger partial charge on any atom is -0.488 e. The van der Waals surface area contributed by atoms with Crippen LogP contribution in [0.4, 0.5) is 0 Å². The molecule has 0 aromatic rings. The summed E-state index contributed by atoms with van der Waals surface area (Å²) in [5.41, 5.74) is 6.70. The molecule has 0 spiro atoms. The van der Waals surface area contributed by atoms with Crippen molar-refractivity contribution in [1.29, 1.82) is 5.41 Å². The van der Waals surface area contributed by atoms with Crippen LogP contribution in [0.15, 0.2) is 58.0 Å². The number of rotatable bonds is 12. The molecule has 0 aromatic carbocycles. The lowest BCUT2D eigenvalue weighted by molar-refractivity contribution is 0.0531. The van der Waals surface area contributed by atoms with Crippen LogP contribution in [0, 0.1) is 5.41 Å². The quantitative estimate of drug-likeness (QED) is 0.230. The summed E-state index contributed by atoms with van der Waals surface area (Å²) in [5.74, 6) is 0.607. The molecule has 0 aliphatic rings. The van der Waals surface area contributed by atoms with Gasteiger partial charge < -0.3 is 25.5 Å². The summed E-state index contributed by atoms with van der Waals surface area (Å²) >= 11 is 0. The highest BCUT2D eigenvalue weighted by Gasteiger charge is 2.11. The molecule has 190 valence electrons. The van der Waals surface area contributed by atoms with E-state index in [9.17, 15) is 0 Å². The monoisotopic (exact) mass is 463 g/mol. The van der Waals surface area contributed by atoms with Crippen LogP contribution in [0.2, 0.25) is 0 Å². The normalized spacial score (nSPS) is 13.8. The Bertz CT molecular complexity index is 656. The number of likely N-dealkylation sites (N-methyl/N-ethyl adjacent to an activating group) is 1. The molecule has 0 rings (SSSR count). The van der Waals surface area contributed by atoms with E-state index in [1.54, 1.807) is 37.4 Å². The van der Waals surface area contributed by atoms with Gasteiger partial charge in [0.25, 0.3) is 0 Å². The van der Waals surface area contributed by atoms with Crippen LogP contribution in [-0.4, -0.2) is 69.0 Å². The van der Waals surface area contributed by atoms with Gasteiger partial charge in [-0.15, -0.1) is 0 Å². The van der Waals surface area contributed by atoms with E-state index < -0.39 is 0 Å². The number of hydrogen-bond acceptors (Lipinski definition) is 7. The fourth-order valence-electron chi connectivity index (χ4n) is 2.21. The average molecular weight is 464 g/mol. The van der Waals surface area contributed by atoms with Crippen molar-refractivity contribution < 1.29 is 9.47 Å². The minimum absolute atomic E-state index is 0.338. The van der Waals surface area contributed by atoms with Crippen molar-refractivity contribution >= 4 is 18.6 Å². The van der Waals surface area contributed by atoms with Crippen LogP contribution in [0.1, 0.15) is 55.4 Å². The van der Waals surface area contributed by atoms with E-state index >= 15 is 0 Å². The van der Waals surface area contributed by atoms with E-state index in [1.165, 1.54) is 12.4 Å². The topological polar surface area (TPSA) is 96.3 Å². The van der Waals surface area contributed by atoms with Crippen molar-refractivity contribution in [2.75, 3.05) is 33.8 Å². The zero-order valence-corrected chi connectivity index (χ0v) is 22.7. The Morgan fingerprint density at radius 2 is 1.79 bits per heavy atom. The lowest BCUT2D eigenvalue weighted by Gasteiger charge is -2.21. The van der Waals surface area contributed by atoms with Gasteiger partial charge in [-0.2, -0.15) is 0 Å². The van der Waals surface area contributed by atoms with E-state index in [0.717, 1.165) is 19.7 Å². The van der Waals surface area contributed by atoms with Crippen LogP contribution in [0.5, 0.6) is 0 Å². The Hall–Kier alpha value is -2.51. The van der Waals surface area contributed by atoms with Crippen LogP contribution in [-0.2, 0) is 9.47 Å². The maximum absolute atomic E-state index is 7.04. The SMILES string of the molecule is C=N/C=C\C(=NC)\C(N)=C/C=C(\C=C/C=N)OC(C)(C)C.CC.CCOC(C)CN(C)CC. The number of nitrogens with two attached hydrogens (primary N) is 1. The van der Waals surface area contributed by atoms with Gasteiger partial charge in [-0.25, -0.2) is 0 Å². The minimum atomic E-state index is -0.338. The number of nitrogens with zero attached hydrogens (tertiary/aromatic N) is 3. The molecule has 0 aromatic heterocycles. The summed E-state index contributed by atoms with van der Waals surface area (Å²) in [7, 11) is 3.75. The number of ether oxygens (including phenoxy) is 2. The van der Waals surface area contributed by atoms with Crippen molar-refractivity contribution in [3.05, 3.63) is 48.0 Å². The van der Waals surface area contributed by atoms with E-state index in [0.29, 0.717) is 23.3 Å². The molecular weight excluding hydrogens is 414 g/mol. The van der Waals surface area contributed by atoms with Gasteiger partial charge >= 0.3 is 0 Å². The maximum Gasteiger partial charge on any atom is 0.120 e. The number of allylic oxidation sites excluding steroid dienone is 5. The predicted molar refractivity (Wildman–Crippen MR) is 147 cm³/mol. The molecule has 0 saturated carbocycles. The summed E-state index contributed by atoms with van der Waals surface area (Å²) in [6.07, 6.45) is 11.5. The van der Waals surface area contributed by atoms with E-state index in [2.05, 4.69) is 42.5 Å². The molecule has 0 radical (unpaired) electrons. The maximum atomic E-state index is 7.04. The van der Waals surface area contributed by atoms with Gasteiger partial charge in [-0.3, -0.25) is 9.98 Å². The molecule has 0 fully saturated rings. The molecule has 7 nitrogen and oxygen atoms in total. The Morgan fingerprint density at radius 1 is 1.18 bits per heavy atom. The zero-order valence-electron chi connectivity index (χ0n) is 22.7. The van der Waals surface area contributed by atoms with E-state index in [4.69, 9.17) is 20.6 Å². The van der Waals surface area contributed by atoms with Gasteiger partial charge in [0, 0.05) is 32.6 Å². The Balaban J connectivity index is -0.000000627. The summed E-state index contributed by atoms with van der Waals surface area (Å²) in [5, 5.41) is 7.04. The highest BCUT2D eigenvalue weighted by atomic mass is 16.5. The second kappa shape index (κ2) is 22.7. The van der Waals surface area contributed by atoms with Crippen LogP contribution in [0.25, 0.3) is 0 Å². The number of aliphatic imine (C=N–C) groups is 2. The largest absolute Gasteiger partial charge is 0.488 e. The second-order valence-electron chi connectivity index (χ2n) is 7.66. The summed E-state index contributed by atoms with van der Waals surface area (Å²) in [6, 6.07) is 0. The first-order chi connectivity index (χ1) is 15.5. The standard InChI is InChI=1S/C16H24N4O.C8H19NO.C2H6/c1-16(2,3)21-13(7-6-11-17)8-9-14(18)15(20-5)10-12-19-4;1-5-9(4)7-8(3)10-6-2;1-2/h6-12,17H,4,18H2,1-3,5H3;8H,5-7H2,1-4H3;1-2H3/b7-6-,12-10-,13-8+,14-9+,17-11?,20-15?;;. The summed E-state index contributed by atoms with van der Waals surface area (Å²) in [4.78, 5) is 9.93. The molecule has 0 heterocycles. The highest BCUT2D eigenvalue weighted by Crippen LogP contribution is 2.14. The smallest absolute Gasteiger partial charge is 0.120 e. The first-order valence-corrected chi connectivity index (χ1v) is 11.5. The molecular formula is C26H49N5O2. The first-order valence-electron chi connectivity index (χ1n) is 11.5. The zero-order chi connectivity index (χ0) is 26.3. The van der Waals surface area contributed by atoms with Crippen molar-refractivity contribution in [3.63, 3.8) is 0 Å². The molecule has 1 unspecified atom stereocenters. The fraction of sp³-hybridized carbons (Fsp3) is 0.577. The third-order valence-electron chi connectivity index (χ3n) is 3.64. The van der Waals surface area contributed by atoms with Crippen LogP contribution >= 0.6 is 0 Å². The first kappa shape index (κ1) is 35.1. The van der Waals surface area contributed by atoms with Gasteiger partial charge in [-0.05, 0) is 85.3 Å². The predicted octanol–water partition coefficient (Wildman–Crippen LogP) is 5.41. The van der Waals surface area contributed by atoms with Crippen LogP contribution in [0.3, 0.4) is 0 Å². The van der Waals surface area contributed by atoms with Gasteiger partial charge in [0.05, 0.1) is 17.5 Å². The third kappa shape index (κ3) is 24.0. The molecule has 0 saturated heterocycles. The Kier molecular flexibility index (Phi) is 24.1. The van der Waals surface area contributed by atoms with Gasteiger partial charge in [0.15, 0.2) is 0 Å². The summed E-state index contributed by atoms with van der Waals surface area (Å²) in [6.45, 7) is 22.4. The van der Waals surface area contributed by atoms with Gasteiger partial charge in [-0.1, -0.05) is 20.8 Å². The van der Waals surface area contributed by atoms with Crippen molar-refractivity contribution in [2.24, 2.45) is 15.7 Å². The average Bonchev–Trinajstić information content (AvgIpc) is 2.77. The molecule has 0 bridgehead atoms. The van der Waals surface area contributed by atoms with Crippen LogP contribution < -0.4 is 5.73 Å². The molecule has 33 heavy (non-hydrogen) atoms. The van der Waals surface area contributed by atoms with E-state index in [1.807, 2.05) is 41.5 Å². The molecule has 0 amide bonds. The fourth-order valence-corrected chi connectivity index (χ4v) is 2.21. The Morgan fingerprint density at radius 3 is 2.21 bits per heavy atom. The van der Waals surface area contributed by atoms with Crippen molar-refractivity contribution in [1.82, 2.24) is 4.90 Å².